The number of allylic oxidation sites excluding steroid dienone is 2. The van der Waals surface area contributed by atoms with Crippen molar-refractivity contribution in [3.8, 4) is 0 Å². The third-order valence-electron chi connectivity index (χ3n) is 6.01. The molecule has 3 nitrogen and oxygen atoms in total. The van der Waals surface area contributed by atoms with Gasteiger partial charge < -0.3 is 14.6 Å². The summed E-state index contributed by atoms with van der Waals surface area (Å²) >= 11 is 0. The summed E-state index contributed by atoms with van der Waals surface area (Å²) in [5.74, 6) is 0.867. The maximum atomic E-state index is 10.2. The van der Waals surface area contributed by atoms with Gasteiger partial charge in [0.25, 0.3) is 0 Å². The zero-order valence-electron chi connectivity index (χ0n) is 16.0. The SMILES string of the molecule is C=C[C@@]1(C)CC[C@H](C2=CC[C@H](C(C)(C)O)O[C@H]2OC)C[C@@H]1C(=C)C. The Bertz CT molecular complexity index is 514. The minimum Gasteiger partial charge on any atom is -0.388 e. The Kier molecular flexibility index (Phi) is 5.79. The first kappa shape index (κ1) is 19.4. The zero-order chi connectivity index (χ0) is 18.1. The van der Waals surface area contributed by atoms with Crippen LogP contribution in [-0.4, -0.2) is 30.2 Å². The van der Waals surface area contributed by atoms with E-state index in [2.05, 4.69) is 39.2 Å². The molecule has 0 amide bonds. The van der Waals surface area contributed by atoms with Crippen molar-refractivity contribution in [3.05, 3.63) is 36.5 Å². The normalized spacial score (nSPS) is 37.7. The fourth-order valence-corrected chi connectivity index (χ4v) is 4.27. The van der Waals surface area contributed by atoms with Crippen molar-refractivity contribution < 1.29 is 14.6 Å². The van der Waals surface area contributed by atoms with E-state index in [4.69, 9.17) is 9.47 Å². The molecular formula is C21H34O3. The summed E-state index contributed by atoms with van der Waals surface area (Å²) in [5.41, 5.74) is 1.71. The highest BCUT2D eigenvalue weighted by Crippen LogP contribution is 2.50. The third-order valence-corrected chi connectivity index (χ3v) is 6.01. The minimum atomic E-state index is -0.868. The molecule has 3 heteroatoms. The van der Waals surface area contributed by atoms with Crippen LogP contribution in [0.5, 0.6) is 0 Å². The maximum Gasteiger partial charge on any atom is 0.180 e. The molecule has 2 rings (SSSR count). The van der Waals surface area contributed by atoms with E-state index < -0.39 is 5.60 Å². The van der Waals surface area contributed by atoms with Gasteiger partial charge in [0, 0.05) is 7.11 Å². The van der Waals surface area contributed by atoms with Crippen molar-refractivity contribution in [2.75, 3.05) is 7.11 Å². The van der Waals surface area contributed by atoms with E-state index in [1.165, 1.54) is 11.1 Å². The van der Waals surface area contributed by atoms with Crippen molar-refractivity contribution in [1.82, 2.24) is 0 Å². The molecule has 0 unspecified atom stereocenters. The molecule has 5 atom stereocenters. The smallest absolute Gasteiger partial charge is 0.180 e. The van der Waals surface area contributed by atoms with Gasteiger partial charge in [0.1, 0.15) is 0 Å². The van der Waals surface area contributed by atoms with E-state index in [1.807, 2.05) is 0 Å². The molecule has 1 fully saturated rings. The van der Waals surface area contributed by atoms with E-state index in [-0.39, 0.29) is 17.8 Å². The fourth-order valence-electron chi connectivity index (χ4n) is 4.27. The molecule has 0 radical (unpaired) electrons. The van der Waals surface area contributed by atoms with Crippen molar-refractivity contribution >= 4 is 0 Å². The Balaban J connectivity index is 2.20. The fraction of sp³-hybridized carbons (Fsp3) is 0.714. The molecule has 1 aliphatic heterocycles. The Labute approximate surface area is 147 Å². The van der Waals surface area contributed by atoms with Gasteiger partial charge in [-0.3, -0.25) is 0 Å². The number of hydrogen-bond acceptors (Lipinski definition) is 3. The first-order valence-corrected chi connectivity index (χ1v) is 9.02. The molecule has 1 N–H and O–H groups in total. The predicted octanol–water partition coefficient (Wildman–Crippen LogP) is 4.63. The van der Waals surface area contributed by atoms with Crippen LogP contribution in [0.3, 0.4) is 0 Å². The lowest BCUT2D eigenvalue weighted by Gasteiger charge is -2.46. The van der Waals surface area contributed by atoms with Crippen LogP contribution in [0.25, 0.3) is 0 Å². The topological polar surface area (TPSA) is 38.7 Å². The number of hydrogen-bond donors (Lipinski definition) is 1. The Morgan fingerprint density at radius 1 is 1.50 bits per heavy atom. The molecule has 0 saturated heterocycles. The number of rotatable bonds is 5. The van der Waals surface area contributed by atoms with Crippen LogP contribution < -0.4 is 0 Å². The summed E-state index contributed by atoms with van der Waals surface area (Å²) in [6, 6.07) is 0. The van der Waals surface area contributed by atoms with Gasteiger partial charge in [-0.25, -0.2) is 0 Å². The van der Waals surface area contributed by atoms with Crippen molar-refractivity contribution in [1.29, 1.82) is 0 Å². The average molecular weight is 335 g/mol. The van der Waals surface area contributed by atoms with Crippen LogP contribution in [0.1, 0.15) is 53.4 Å². The van der Waals surface area contributed by atoms with Gasteiger partial charge in [-0.05, 0) is 69.3 Å². The lowest BCUT2D eigenvalue weighted by atomic mass is 9.61. The van der Waals surface area contributed by atoms with Gasteiger partial charge in [-0.15, -0.1) is 6.58 Å². The first-order chi connectivity index (χ1) is 11.1. The van der Waals surface area contributed by atoms with E-state index in [0.29, 0.717) is 11.8 Å². The highest BCUT2D eigenvalue weighted by molar-refractivity contribution is 5.20. The lowest BCUT2D eigenvalue weighted by molar-refractivity contribution is -0.192. The van der Waals surface area contributed by atoms with Gasteiger partial charge in [0.2, 0.25) is 0 Å². The number of ether oxygens (including phenoxy) is 2. The maximum absolute atomic E-state index is 10.2. The molecule has 0 aromatic carbocycles. The highest BCUT2D eigenvalue weighted by Gasteiger charge is 2.42. The highest BCUT2D eigenvalue weighted by atomic mass is 16.7. The zero-order valence-corrected chi connectivity index (χ0v) is 16.0. The second-order valence-corrected chi connectivity index (χ2v) is 8.37. The van der Waals surface area contributed by atoms with Gasteiger partial charge in [0.15, 0.2) is 6.29 Å². The molecule has 0 bridgehead atoms. The van der Waals surface area contributed by atoms with Gasteiger partial charge in [-0.1, -0.05) is 31.2 Å². The monoisotopic (exact) mass is 334 g/mol. The molecule has 0 aromatic heterocycles. The van der Waals surface area contributed by atoms with Crippen molar-refractivity contribution in [3.63, 3.8) is 0 Å². The Hall–Kier alpha value is -0.900. The number of aliphatic hydroxyl groups is 1. The molecule has 0 aromatic rings. The average Bonchev–Trinajstić information content (AvgIpc) is 2.53. The van der Waals surface area contributed by atoms with Crippen molar-refractivity contribution in [2.24, 2.45) is 17.3 Å². The summed E-state index contributed by atoms with van der Waals surface area (Å²) in [6.07, 6.45) is 7.73. The van der Waals surface area contributed by atoms with E-state index in [0.717, 1.165) is 25.7 Å². The van der Waals surface area contributed by atoms with Crippen LogP contribution in [0.2, 0.25) is 0 Å². The number of methoxy groups -OCH3 is 1. The van der Waals surface area contributed by atoms with Crippen LogP contribution in [0.4, 0.5) is 0 Å². The van der Waals surface area contributed by atoms with Crippen LogP contribution in [-0.2, 0) is 9.47 Å². The molecule has 1 aliphatic carbocycles. The van der Waals surface area contributed by atoms with E-state index in [9.17, 15) is 5.11 Å². The van der Waals surface area contributed by atoms with Crippen molar-refractivity contribution in [2.45, 2.75) is 71.4 Å². The molecule has 24 heavy (non-hydrogen) atoms. The molecule has 2 aliphatic rings. The second kappa shape index (κ2) is 7.15. The molecule has 136 valence electrons. The third kappa shape index (κ3) is 3.84. The Morgan fingerprint density at radius 2 is 2.17 bits per heavy atom. The van der Waals surface area contributed by atoms with Crippen LogP contribution in [0.15, 0.2) is 36.5 Å². The van der Waals surface area contributed by atoms with Gasteiger partial charge in [-0.2, -0.15) is 0 Å². The largest absolute Gasteiger partial charge is 0.388 e. The molecule has 1 saturated carbocycles. The molecular weight excluding hydrogens is 300 g/mol. The lowest BCUT2D eigenvalue weighted by Crippen LogP contribution is -2.45. The summed E-state index contributed by atoms with van der Waals surface area (Å²) in [7, 11) is 1.68. The second-order valence-electron chi connectivity index (χ2n) is 8.37. The summed E-state index contributed by atoms with van der Waals surface area (Å²) in [4.78, 5) is 0. The van der Waals surface area contributed by atoms with Crippen LogP contribution >= 0.6 is 0 Å². The van der Waals surface area contributed by atoms with E-state index in [1.54, 1.807) is 21.0 Å². The summed E-state index contributed by atoms with van der Waals surface area (Å²) in [5, 5.41) is 10.2. The molecule has 0 spiro atoms. The summed E-state index contributed by atoms with van der Waals surface area (Å²) < 4.78 is 11.7. The Morgan fingerprint density at radius 3 is 2.67 bits per heavy atom. The first-order valence-electron chi connectivity index (χ1n) is 9.02. The summed E-state index contributed by atoms with van der Waals surface area (Å²) in [6.45, 7) is 16.3. The quantitative estimate of drug-likeness (QED) is 0.745. The van der Waals surface area contributed by atoms with Crippen LogP contribution in [0, 0.1) is 17.3 Å². The van der Waals surface area contributed by atoms with Gasteiger partial charge in [0.05, 0.1) is 11.7 Å². The van der Waals surface area contributed by atoms with E-state index >= 15 is 0 Å². The van der Waals surface area contributed by atoms with Gasteiger partial charge >= 0.3 is 0 Å². The molecule has 1 heterocycles. The predicted molar refractivity (Wildman–Crippen MR) is 98.6 cm³/mol. The minimum absolute atomic E-state index is 0.122. The standard InChI is InChI=1S/C21H34O3/c1-8-21(6)12-11-15(13-17(21)14(2)3)16-9-10-18(20(4,5)22)24-19(16)23-7/h8-9,15,17-19,22H,1-2,10-13H2,3-7H3/t15-,17+,18+,19+,21-/m0/s1.